The lowest BCUT2D eigenvalue weighted by atomic mass is 9.77. The van der Waals surface area contributed by atoms with E-state index in [-0.39, 0.29) is 11.0 Å². The Labute approximate surface area is 156 Å². The molecule has 0 aliphatic heterocycles. The maximum absolute atomic E-state index is 9.92. The Hall–Kier alpha value is -0.860. The van der Waals surface area contributed by atoms with Gasteiger partial charge in [-0.25, -0.2) is 0 Å². The smallest absolute Gasteiger partial charge is 0.0877 e. The van der Waals surface area contributed by atoms with Crippen LogP contribution in [0, 0.1) is 11.3 Å². The zero-order chi connectivity index (χ0) is 19.3. The first-order valence-corrected chi connectivity index (χ1v) is 9.77. The number of rotatable bonds is 10. The molecule has 1 N–H and O–H groups in total. The van der Waals surface area contributed by atoms with Crippen LogP contribution in [-0.2, 0) is 16.8 Å². The summed E-state index contributed by atoms with van der Waals surface area (Å²) >= 11 is 0. The van der Waals surface area contributed by atoms with E-state index in [1.807, 2.05) is 13.8 Å². The molecule has 0 aliphatic rings. The highest BCUT2D eigenvalue weighted by Gasteiger charge is 2.28. The molecule has 0 saturated carbocycles. The van der Waals surface area contributed by atoms with Gasteiger partial charge in [-0.3, -0.25) is 0 Å². The van der Waals surface area contributed by atoms with Crippen LogP contribution in [0.3, 0.4) is 0 Å². The molecule has 25 heavy (non-hydrogen) atoms. The molecule has 0 unspecified atom stereocenters. The fourth-order valence-electron chi connectivity index (χ4n) is 3.18. The molecule has 0 atom stereocenters. The zero-order valence-electron chi connectivity index (χ0n) is 17.8. The Bertz CT molecular complexity index is 521. The Balaban J connectivity index is 2.87. The third-order valence-electron chi connectivity index (χ3n) is 4.91. The van der Waals surface area contributed by atoms with Gasteiger partial charge < -0.3 is 9.84 Å². The Morgan fingerprint density at radius 2 is 1.56 bits per heavy atom. The highest BCUT2D eigenvalue weighted by molar-refractivity contribution is 5.32. The van der Waals surface area contributed by atoms with Crippen LogP contribution in [0.1, 0.15) is 85.8 Å². The predicted molar refractivity (Wildman–Crippen MR) is 108 cm³/mol. The fourth-order valence-corrected chi connectivity index (χ4v) is 3.18. The summed E-state index contributed by atoms with van der Waals surface area (Å²) in [6, 6.07) is 8.66. The van der Waals surface area contributed by atoms with Gasteiger partial charge in [-0.1, -0.05) is 58.4 Å². The average Bonchev–Trinajstić information content (AvgIpc) is 2.43. The van der Waals surface area contributed by atoms with Crippen LogP contribution in [-0.4, -0.2) is 17.3 Å². The van der Waals surface area contributed by atoms with Crippen molar-refractivity contribution >= 4 is 0 Å². The van der Waals surface area contributed by atoms with E-state index in [1.54, 1.807) is 0 Å². The number of ether oxygens (including phenoxy) is 1. The van der Waals surface area contributed by atoms with Crippen LogP contribution < -0.4 is 0 Å². The molecule has 0 bridgehead atoms. The van der Waals surface area contributed by atoms with E-state index < -0.39 is 5.60 Å². The molecular weight excluding hydrogens is 308 g/mol. The Kier molecular flexibility index (Phi) is 7.71. The summed E-state index contributed by atoms with van der Waals surface area (Å²) in [5.41, 5.74) is 1.89. The molecule has 0 fully saturated rings. The van der Waals surface area contributed by atoms with E-state index >= 15 is 0 Å². The summed E-state index contributed by atoms with van der Waals surface area (Å²) in [7, 11) is 0. The van der Waals surface area contributed by atoms with Gasteiger partial charge in [0.1, 0.15) is 0 Å². The first-order valence-electron chi connectivity index (χ1n) is 9.77. The topological polar surface area (TPSA) is 29.5 Å². The molecule has 1 aromatic rings. The minimum absolute atomic E-state index is 0.281. The lowest BCUT2D eigenvalue weighted by Gasteiger charge is -2.32. The van der Waals surface area contributed by atoms with Crippen molar-refractivity contribution in [2.45, 2.75) is 92.3 Å². The lowest BCUT2D eigenvalue weighted by Crippen LogP contribution is -2.29. The number of hydrogen-bond acceptors (Lipinski definition) is 2. The van der Waals surface area contributed by atoms with E-state index in [0.717, 1.165) is 12.3 Å². The molecule has 0 amide bonds. The molecule has 144 valence electrons. The van der Waals surface area contributed by atoms with Gasteiger partial charge in [0.25, 0.3) is 0 Å². The Morgan fingerprint density at radius 1 is 0.960 bits per heavy atom. The van der Waals surface area contributed by atoms with Gasteiger partial charge in [-0.2, -0.15) is 0 Å². The summed E-state index contributed by atoms with van der Waals surface area (Å²) < 4.78 is 6.18. The minimum atomic E-state index is -0.686. The van der Waals surface area contributed by atoms with Crippen LogP contribution >= 0.6 is 0 Å². The number of hydrogen-bond donors (Lipinski definition) is 1. The van der Waals surface area contributed by atoms with Gasteiger partial charge in [0, 0.05) is 0 Å². The summed E-state index contributed by atoms with van der Waals surface area (Å²) in [6.07, 6.45) is 4.20. The normalized spacial score (nSPS) is 13.5. The molecule has 0 saturated heterocycles. The summed E-state index contributed by atoms with van der Waals surface area (Å²) in [6.45, 7) is 17.8. The quantitative estimate of drug-likeness (QED) is 0.553. The standard InChI is InChI=1S/C23H40O2/c1-18(2)13-14-21(3,4)17-19-11-9-10-12-20(19)23(7,8)25-16-15-22(5,6)24/h9-12,18,24H,13-17H2,1-8H3. The second kappa shape index (κ2) is 8.68. The second-order valence-electron chi connectivity index (χ2n) is 9.85. The molecular formula is C23H40O2. The van der Waals surface area contributed by atoms with Crippen LogP contribution in [0.15, 0.2) is 24.3 Å². The molecule has 1 aromatic carbocycles. The number of aliphatic hydroxyl groups is 1. The predicted octanol–water partition coefficient (Wildman–Crippen LogP) is 6.10. The van der Waals surface area contributed by atoms with Gasteiger partial charge in [0.15, 0.2) is 0 Å². The monoisotopic (exact) mass is 348 g/mol. The van der Waals surface area contributed by atoms with Gasteiger partial charge in [-0.05, 0) is 69.4 Å². The molecule has 2 heteroatoms. The molecule has 0 aliphatic carbocycles. The third-order valence-corrected chi connectivity index (χ3v) is 4.91. The number of benzene rings is 1. The highest BCUT2D eigenvalue weighted by Crippen LogP contribution is 2.35. The largest absolute Gasteiger partial charge is 0.390 e. The van der Waals surface area contributed by atoms with Gasteiger partial charge in [0.2, 0.25) is 0 Å². The van der Waals surface area contributed by atoms with Crippen molar-refractivity contribution in [1.29, 1.82) is 0 Å². The van der Waals surface area contributed by atoms with Crippen molar-refractivity contribution in [1.82, 2.24) is 0 Å². The van der Waals surface area contributed by atoms with Crippen LogP contribution in [0.4, 0.5) is 0 Å². The van der Waals surface area contributed by atoms with Crippen molar-refractivity contribution in [2.75, 3.05) is 6.61 Å². The van der Waals surface area contributed by atoms with Crippen molar-refractivity contribution in [3.8, 4) is 0 Å². The van der Waals surface area contributed by atoms with Crippen molar-refractivity contribution in [3.05, 3.63) is 35.4 Å². The Morgan fingerprint density at radius 3 is 2.12 bits per heavy atom. The molecule has 0 spiro atoms. The van der Waals surface area contributed by atoms with E-state index in [4.69, 9.17) is 4.74 Å². The molecule has 2 nitrogen and oxygen atoms in total. The summed E-state index contributed by atoms with van der Waals surface area (Å²) in [5, 5.41) is 9.92. The average molecular weight is 349 g/mol. The third kappa shape index (κ3) is 8.37. The maximum atomic E-state index is 9.92. The van der Waals surface area contributed by atoms with Gasteiger partial charge >= 0.3 is 0 Å². The van der Waals surface area contributed by atoms with E-state index in [0.29, 0.717) is 13.0 Å². The molecule has 1 rings (SSSR count). The summed E-state index contributed by atoms with van der Waals surface area (Å²) in [5.74, 6) is 0.746. The van der Waals surface area contributed by atoms with Gasteiger partial charge in [0.05, 0.1) is 17.8 Å². The first-order chi connectivity index (χ1) is 11.3. The second-order valence-corrected chi connectivity index (χ2v) is 9.85. The van der Waals surface area contributed by atoms with Crippen LogP contribution in [0.2, 0.25) is 0 Å². The van der Waals surface area contributed by atoms with Crippen molar-refractivity contribution in [3.63, 3.8) is 0 Å². The van der Waals surface area contributed by atoms with E-state index in [1.165, 1.54) is 24.0 Å². The minimum Gasteiger partial charge on any atom is -0.390 e. The molecule has 0 aromatic heterocycles. The van der Waals surface area contributed by atoms with E-state index in [9.17, 15) is 5.11 Å². The summed E-state index contributed by atoms with van der Waals surface area (Å²) in [4.78, 5) is 0. The lowest BCUT2D eigenvalue weighted by molar-refractivity contribution is -0.0500. The van der Waals surface area contributed by atoms with Crippen molar-refractivity contribution < 1.29 is 9.84 Å². The fraction of sp³-hybridized carbons (Fsp3) is 0.739. The maximum Gasteiger partial charge on any atom is 0.0877 e. The van der Waals surface area contributed by atoms with Crippen LogP contribution in [0.5, 0.6) is 0 Å². The first kappa shape index (κ1) is 22.2. The zero-order valence-corrected chi connectivity index (χ0v) is 17.8. The van der Waals surface area contributed by atoms with Gasteiger partial charge in [-0.15, -0.1) is 0 Å². The molecule has 0 heterocycles. The van der Waals surface area contributed by atoms with E-state index in [2.05, 4.69) is 65.8 Å². The SMILES string of the molecule is CC(C)CCC(C)(C)Cc1ccccc1C(C)(C)OCCC(C)(C)O. The van der Waals surface area contributed by atoms with Crippen LogP contribution in [0.25, 0.3) is 0 Å². The van der Waals surface area contributed by atoms with Crippen molar-refractivity contribution in [2.24, 2.45) is 11.3 Å². The highest BCUT2D eigenvalue weighted by atomic mass is 16.5. The molecule has 0 radical (unpaired) electrons.